The number of aliphatic hydroxyl groups is 3. The average Bonchev–Trinajstić information content (AvgIpc) is 3.06. The summed E-state index contributed by atoms with van der Waals surface area (Å²) in [4.78, 5) is 27.2. The van der Waals surface area contributed by atoms with Crippen molar-refractivity contribution in [2.45, 2.75) is 49.0 Å². The number of ether oxygens (including phenoxy) is 3. The molecule has 7 atom stereocenters. The Kier molecular flexibility index (Phi) is 6.00. The van der Waals surface area contributed by atoms with Gasteiger partial charge in [-0.3, -0.25) is 14.3 Å². The van der Waals surface area contributed by atoms with E-state index >= 15 is 0 Å². The third-order valence-corrected chi connectivity index (χ3v) is 4.58. The topological polar surface area (TPSA) is 192 Å². The van der Waals surface area contributed by atoms with Gasteiger partial charge in [-0.25, -0.2) is 13.6 Å². The fourth-order valence-electron chi connectivity index (χ4n) is 3.01. The van der Waals surface area contributed by atoms with E-state index in [0.29, 0.717) is 4.57 Å². The van der Waals surface area contributed by atoms with Crippen LogP contribution in [-0.2, 0) is 14.2 Å². The molecule has 1 aromatic heterocycles. The molecule has 0 aromatic carbocycles. The van der Waals surface area contributed by atoms with Gasteiger partial charge in [-0.2, -0.15) is 0 Å². The van der Waals surface area contributed by atoms with Crippen LogP contribution in [0.4, 0.5) is 8.78 Å². The van der Waals surface area contributed by atoms with Crippen LogP contribution >= 0.6 is 0 Å². The molecule has 0 unspecified atom stereocenters. The van der Waals surface area contributed by atoms with Crippen LogP contribution in [0.3, 0.4) is 0 Å². The van der Waals surface area contributed by atoms with Crippen molar-refractivity contribution < 1.29 is 38.3 Å². The number of rotatable bonds is 6. The molecular weight excluding hydrogens is 404 g/mol. The van der Waals surface area contributed by atoms with E-state index in [2.05, 4.69) is 10.0 Å². The molecule has 0 bridgehead atoms. The van der Waals surface area contributed by atoms with Gasteiger partial charge in [-0.1, -0.05) is 5.11 Å². The predicted octanol–water partition coefficient (Wildman–Crippen LogP) is -1.80. The van der Waals surface area contributed by atoms with Crippen LogP contribution in [0.5, 0.6) is 0 Å². The van der Waals surface area contributed by atoms with E-state index in [4.69, 9.17) is 19.7 Å². The van der Waals surface area contributed by atoms with Crippen LogP contribution in [0.2, 0.25) is 0 Å². The summed E-state index contributed by atoms with van der Waals surface area (Å²) >= 11 is 0. The monoisotopic (exact) mass is 421 g/mol. The molecule has 0 amide bonds. The fourth-order valence-corrected chi connectivity index (χ4v) is 3.01. The fraction of sp³-hybridized carbons (Fsp3) is 0.714. The van der Waals surface area contributed by atoms with Crippen LogP contribution in [-0.4, -0.2) is 80.8 Å². The van der Waals surface area contributed by atoms with Crippen molar-refractivity contribution in [1.29, 1.82) is 0 Å². The van der Waals surface area contributed by atoms with E-state index in [1.54, 1.807) is 0 Å². The van der Waals surface area contributed by atoms with Gasteiger partial charge in [0.1, 0.15) is 18.3 Å². The zero-order chi connectivity index (χ0) is 21.3. The number of nitrogens with one attached hydrogen (secondary N) is 1. The van der Waals surface area contributed by atoms with E-state index in [-0.39, 0.29) is 6.54 Å². The van der Waals surface area contributed by atoms with Crippen LogP contribution in [0.15, 0.2) is 27.0 Å². The molecule has 0 aliphatic carbocycles. The molecule has 29 heavy (non-hydrogen) atoms. The van der Waals surface area contributed by atoms with Gasteiger partial charge in [0.25, 0.3) is 5.56 Å². The minimum atomic E-state index is -3.85. The standard InChI is InChI=1S/C14H17F2N5O8/c15-14(16)6(4-27-12-9(24)8(23)5(28-12)3-18-20-17)29-11(10(14)25)21-2-1-7(22)19-13(21)26/h1-2,5-6,8-12,23-25H,3-4H2,(H,19,22,26)/t5-,6-,8-,9-,10+,11-,12-/m1/s1. The minimum absolute atomic E-state index is 0.319. The molecular formula is C14H17F2N5O8. The number of halogens is 2. The molecule has 13 nitrogen and oxygen atoms in total. The van der Waals surface area contributed by atoms with Crippen molar-refractivity contribution >= 4 is 0 Å². The second-order valence-corrected chi connectivity index (χ2v) is 6.42. The molecule has 2 aliphatic rings. The summed E-state index contributed by atoms with van der Waals surface area (Å²) in [5.74, 6) is -3.85. The Labute approximate surface area is 159 Å². The highest BCUT2D eigenvalue weighted by Gasteiger charge is 2.59. The third kappa shape index (κ3) is 4.02. The SMILES string of the molecule is [N-]=[N+]=NC[C@H]1O[C@@H](OC[C@H]2O[C@@H](n3ccc(=O)[nH]c3=O)[C@H](O)C2(F)F)[C@H](O)[C@@H]1O. The Bertz CT molecular complexity index is 902. The number of hydrogen-bond acceptors (Lipinski definition) is 9. The number of aliphatic hydroxyl groups excluding tert-OH is 3. The molecule has 2 saturated heterocycles. The van der Waals surface area contributed by atoms with Gasteiger partial charge in [0, 0.05) is 17.2 Å². The van der Waals surface area contributed by atoms with Gasteiger partial charge < -0.3 is 29.5 Å². The molecule has 0 radical (unpaired) electrons. The zero-order valence-corrected chi connectivity index (χ0v) is 14.5. The summed E-state index contributed by atoms with van der Waals surface area (Å²) in [6.07, 6.45) is -11.1. The van der Waals surface area contributed by atoms with Crippen molar-refractivity contribution in [3.05, 3.63) is 43.5 Å². The average molecular weight is 421 g/mol. The second kappa shape index (κ2) is 8.16. The molecule has 3 rings (SSSR count). The van der Waals surface area contributed by atoms with E-state index in [1.807, 2.05) is 4.98 Å². The van der Waals surface area contributed by atoms with Crippen LogP contribution in [0.25, 0.3) is 10.4 Å². The summed E-state index contributed by atoms with van der Waals surface area (Å²) in [6, 6.07) is 0.896. The first-order valence-electron chi connectivity index (χ1n) is 8.33. The van der Waals surface area contributed by atoms with E-state index in [1.165, 1.54) is 0 Å². The second-order valence-electron chi connectivity index (χ2n) is 6.42. The summed E-state index contributed by atoms with van der Waals surface area (Å²) in [5.41, 5.74) is 6.47. The molecule has 15 heteroatoms. The summed E-state index contributed by atoms with van der Waals surface area (Å²) in [6.45, 7) is -1.19. The maximum absolute atomic E-state index is 14.4. The van der Waals surface area contributed by atoms with Crippen molar-refractivity contribution in [3.63, 3.8) is 0 Å². The number of aromatic amines is 1. The quantitative estimate of drug-likeness (QED) is 0.235. The zero-order valence-electron chi connectivity index (χ0n) is 14.5. The normalized spacial score (nSPS) is 36.1. The highest BCUT2D eigenvalue weighted by atomic mass is 19.3. The molecule has 0 saturated carbocycles. The molecule has 3 heterocycles. The number of hydrogen-bond donors (Lipinski definition) is 4. The third-order valence-electron chi connectivity index (χ3n) is 4.58. The highest BCUT2D eigenvalue weighted by molar-refractivity contribution is 4.98. The molecule has 2 fully saturated rings. The lowest BCUT2D eigenvalue weighted by atomic mass is 10.1. The Hall–Kier alpha value is -2.39. The van der Waals surface area contributed by atoms with Crippen molar-refractivity contribution in [3.8, 4) is 0 Å². The van der Waals surface area contributed by atoms with Crippen molar-refractivity contribution in [2.24, 2.45) is 5.11 Å². The maximum Gasteiger partial charge on any atom is 0.330 e. The van der Waals surface area contributed by atoms with E-state index < -0.39 is 66.8 Å². The van der Waals surface area contributed by atoms with Crippen molar-refractivity contribution in [2.75, 3.05) is 13.2 Å². The highest BCUT2D eigenvalue weighted by Crippen LogP contribution is 2.41. The summed E-state index contributed by atoms with van der Waals surface area (Å²) < 4.78 is 44.6. The Morgan fingerprint density at radius 2 is 2.03 bits per heavy atom. The van der Waals surface area contributed by atoms with Gasteiger partial charge in [-0.05, 0) is 5.53 Å². The molecule has 4 N–H and O–H groups in total. The van der Waals surface area contributed by atoms with Crippen LogP contribution in [0.1, 0.15) is 6.23 Å². The lowest BCUT2D eigenvalue weighted by molar-refractivity contribution is -0.201. The number of H-pyrrole nitrogens is 1. The number of nitrogens with zero attached hydrogens (tertiary/aromatic N) is 4. The summed E-state index contributed by atoms with van der Waals surface area (Å²) in [5, 5.41) is 32.8. The largest absolute Gasteiger partial charge is 0.387 e. The number of alkyl halides is 2. The minimum Gasteiger partial charge on any atom is -0.387 e. The smallest absolute Gasteiger partial charge is 0.330 e. The van der Waals surface area contributed by atoms with Gasteiger partial charge in [0.15, 0.2) is 18.6 Å². The summed E-state index contributed by atoms with van der Waals surface area (Å²) in [7, 11) is 0. The Morgan fingerprint density at radius 1 is 1.31 bits per heavy atom. The Morgan fingerprint density at radius 3 is 2.69 bits per heavy atom. The van der Waals surface area contributed by atoms with Crippen LogP contribution in [0, 0.1) is 0 Å². The first kappa shape index (κ1) is 21.3. The van der Waals surface area contributed by atoms with Gasteiger partial charge in [0.05, 0.1) is 19.3 Å². The van der Waals surface area contributed by atoms with Gasteiger partial charge in [-0.15, -0.1) is 0 Å². The molecule has 2 aliphatic heterocycles. The lowest BCUT2D eigenvalue weighted by Gasteiger charge is -2.22. The van der Waals surface area contributed by atoms with Gasteiger partial charge >= 0.3 is 11.6 Å². The molecule has 0 spiro atoms. The van der Waals surface area contributed by atoms with Crippen molar-refractivity contribution in [1.82, 2.24) is 9.55 Å². The Balaban J connectivity index is 1.69. The predicted molar refractivity (Wildman–Crippen MR) is 86.8 cm³/mol. The van der Waals surface area contributed by atoms with E-state index in [0.717, 1.165) is 12.3 Å². The molecule has 160 valence electrons. The number of aromatic nitrogens is 2. The van der Waals surface area contributed by atoms with E-state index in [9.17, 15) is 33.7 Å². The van der Waals surface area contributed by atoms with Gasteiger partial charge in [0.2, 0.25) is 0 Å². The van der Waals surface area contributed by atoms with Crippen LogP contribution < -0.4 is 11.2 Å². The maximum atomic E-state index is 14.4. The lowest BCUT2D eigenvalue weighted by Crippen LogP contribution is -2.43. The first-order valence-corrected chi connectivity index (χ1v) is 8.33. The number of azide groups is 1. The molecule has 1 aromatic rings. The first-order chi connectivity index (χ1) is 13.7.